The van der Waals surface area contributed by atoms with Crippen molar-refractivity contribution in [2.45, 2.75) is 0 Å². The molecule has 0 unspecified atom stereocenters. The molecule has 0 aliphatic carbocycles. The maximum absolute atomic E-state index is 5.85. The number of ether oxygens (including phenoxy) is 2. The van der Waals surface area contributed by atoms with Crippen LogP contribution in [-0.4, -0.2) is 19.2 Å². The van der Waals surface area contributed by atoms with E-state index < -0.39 is 0 Å². The summed E-state index contributed by atoms with van der Waals surface area (Å²) in [5, 5.41) is 9.70. The molecular weight excluding hydrogens is 324 g/mol. The monoisotopic (exact) mass is 340 g/mol. The minimum Gasteiger partial charge on any atom is -0.497 e. The highest BCUT2D eigenvalue weighted by Crippen LogP contribution is 2.39. The Balaban J connectivity index is 1.99. The number of anilines is 1. The van der Waals surface area contributed by atoms with E-state index in [9.17, 15) is 0 Å². The number of methoxy groups -OCH3 is 2. The fourth-order valence-corrected chi connectivity index (χ4v) is 2.83. The first-order valence-electron chi connectivity index (χ1n) is 7.16. The maximum atomic E-state index is 5.85. The molecule has 122 valence electrons. The van der Waals surface area contributed by atoms with Crippen molar-refractivity contribution in [1.82, 2.24) is 4.98 Å². The van der Waals surface area contributed by atoms with E-state index in [0.29, 0.717) is 33.0 Å². The first kappa shape index (κ1) is 15.9. The van der Waals surface area contributed by atoms with Gasteiger partial charge in [0.2, 0.25) is 0 Å². The van der Waals surface area contributed by atoms with Gasteiger partial charge in [0.15, 0.2) is 10.1 Å². The van der Waals surface area contributed by atoms with Crippen molar-refractivity contribution in [3.63, 3.8) is 0 Å². The highest BCUT2D eigenvalue weighted by Gasteiger charge is 2.12. The van der Waals surface area contributed by atoms with Crippen molar-refractivity contribution in [1.29, 1.82) is 0 Å². The van der Waals surface area contributed by atoms with E-state index in [-0.39, 0.29) is 0 Å². The smallest absolute Gasteiger partial charge is 0.182 e. The number of thiazole rings is 1. The standard InChI is InChI=1S/C17H16N4O2S/c1-22-12-8-9-14(23-2)13(10-12)20-21-16-15(19-17(18)24-16)11-6-4-3-5-7-11/h3-10H,1-2H3,(H2,18,19). The van der Waals surface area contributed by atoms with Crippen LogP contribution in [0.4, 0.5) is 15.8 Å². The van der Waals surface area contributed by atoms with Crippen molar-refractivity contribution in [2.24, 2.45) is 10.2 Å². The SMILES string of the molecule is COc1ccc(OC)c(N=Nc2sc(N)nc2-c2ccccc2)c1. The largest absolute Gasteiger partial charge is 0.497 e. The number of rotatable bonds is 5. The molecule has 7 heteroatoms. The van der Waals surface area contributed by atoms with Crippen LogP contribution >= 0.6 is 11.3 Å². The van der Waals surface area contributed by atoms with E-state index in [1.807, 2.05) is 30.3 Å². The number of nitrogens with zero attached hydrogens (tertiary/aromatic N) is 3. The van der Waals surface area contributed by atoms with Crippen LogP contribution in [0.5, 0.6) is 11.5 Å². The number of nitrogen functional groups attached to an aromatic ring is 1. The molecule has 2 aromatic carbocycles. The first-order valence-corrected chi connectivity index (χ1v) is 7.98. The van der Waals surface area contributed by atoms with Crippen molar-refractivity contribution >= 4 is 27.2 Å². The van der Waals surface area contributed by atoms with Crippen LogP contribution in [0.1, 0.15) is 0 Å². The highest BCUT2D eigenvalue weighted by molar-refractivity contribution is 7.19. The van der Waals surface area contributed by atoms with Crippen molar-refractivity contribution in [3.05, 3.63) is 48.5 Å². The molecule has 1 aromatic heterocycles. The summed E-state index contributed by atoms with van der Waals surface area (Å²) in [6.07, 6.45) is 0. The lowest BCUT2D eigenvalue weighted by Crippen LogP contribution is -1.86. The summed E-state index contributed by atoms with van der Waals surface area (Å²) in [7, 11) is 3.18. The number of benzene rings is 2. The van der Waals surface area contributed by atoms with Gasteiger partial charge in [0.05, 0.1) is 14.2 Å². The van der Waals surface area contributed by atoms with Gasteiger partial charge in [0, 0.05) is 11.6 Å². The summed E-state index contributed by atoms with van der Waals surface area (Å²) >= 11 is 1.29. The van der Waals surface area contributed by atoms with Gasteiger partial charge in [-0.15, -0.1) is 10.2 Å². The Morgan fingerprint density at radius 3 is 2.50 bits per heavy atom. The van der Waals surface area contributed by atoms with Gasteiger partial charge >= 0.3 is 0 Å². The van der Waals surface area contributed by atoms with Gasteiger partial charge in [-0.25, -0.2) is 4.98 Å². The molecule has 24 heavy (non-hydrogen) atoms. The number of hydrogen-bond acceptors (Lipinski definition) is 7. The summed E-state index contributed by atoms with van der Waals surface area (Å²) < 4.78 is 10.5. The summed E-state index contributed by atoms with van der Waals surface area (Å²) in [6, 6.07) is 15.1. The molecule has 3 rings (SSSR count). The van der Waals surface area contributed by atoms with Crippen LogP contribution in [0, 0.1) is 0 Å². The number of nitrogens with two attached hydrogens (primary N) is 1. The maximum Gasteiger partial charge on any atom is 0.182 e. The Kier molecular flexibility index (Phi) is 4.72. The Labute approximate surface area is 143 Å². The van der Waals surface area contributed by atoms with Crippen LogP contribution in [0.3, 0.4) is 0 Å². The molecule has 0 aliphatic heterocycles. The van der Waals surface area contributed by atoms with E-state index >= 15 is 0 Å². The molecule has 0 aliphatic rings. The molecule has 2 N–H and O–H groups in total. The zero-order chi connectivity index (χ0) is 16.9. The van der Waals surface area contributed by atoms with E-state index in [1.165, 1.54) is 11.3 Å². The second-order valence-corrected chi connectivity index (χ2v) is 5.82. The third-order valence-corrected chi connectivity index (χ3v) is 4.08. The van der Waals surface area contributed by atoms with Gasteiger partial charge in [-0.3, -0.25) is 0 Å². The van der Waals surface area contributed by atoms with Crippen molar-refractivity contribution in [3.8, 4) is 22.8 Å². The quantitative estimate of drug-likeness (QED) is 0.675. The summed E-state index contributed by atoms with van der Waals surface area (Å²) in [5.74, 6) is 1.29. The topological polar surface area (TPSA) is 82.1 Å². The molecule has 0 fully saturated rings. The van der Waals surface area contributed by atoms with Gasteiger partial charge in [0.25, 0.3) is 0 Å². The van der Waals surface area contributed by atoms with Gasteiger partial charge in [-0.05, 0) is 12.1 Å². The van der Waals surface area contributed by atoms with Crippen LogP contribution < -0.4 is 15.2 Å². The average molecular weight is 340 g/mol. The Morgan fingerprint density at radius 2 is 1.79 bits per heavy atom. The molecule has 6 nitrogen and oxygen atoms in total. The fourth-order valence-electron chi connectivity index (χ4n) is 2.15. The molecule has 3 aromatic rings. The van der Waals surface area contributed by atoms with Crippen LogP contribution in [0.25, 0.3) is 11.3 Å². The second-order valence-electron chi connectivity index (χ2n) is 4.81. The molecule has 0 saturated carbocycles. The summed E-state index contributed by atoms with van der Waals surface area (Å²) in [6.45, 7) is 0. The van der Waals surface area contributed by atoms with Crippen LogP contribution in [-0.2, 0) is 0 Å². The third kappa shape index (κ3) is 3.36. The number of hydrogen-bond donors (Lipinski definition) is 1. The Bertz CT molecular complexity index is 862. The van der Waals surface area contributed by atoms with E-state index in [4.69, 9.17) is 15.2 Å². The lowest BCUT2D eigenvalue weighted by molar-refractivity contribution is 0.404. The van der Waals surface area contributed by atoms with E-state index in [1.54, 1.807) is 32.4 Å². The zero-order valence-electron chi connectivity index (χ0n) is 13.3. The first-order chi connectivity index (χ1) is 11.7. The summed E-state index contributed by atoms with van der Waals surface area (Å²) in [4.78, 5) is 4.36. The Morgan fingerprint density at radius 1 is 1.00 bits per heavy atom. The van der Waals surface area contributed by atoms with E-state index in [2.05, 4.69) is 15.2 Å². The Hall–Kier alpha value is -2.93. The van der Waals surface area contributed by atoms with Crippen LogP contribution in [0.2, 0.25) is 0 Å². The predicted octanol–water partition coefficient (Wildman–Crippen LogP) is 4.82. The zero-order valence-corrected chi connectivity index (χ0v) is 14.1. The summed E-state index contributed by atoms with van der Waals surface area (Å²) in [5.41, 5.74) is 8.07. The lowest BCUT2D eigenvalue weighted by atomic mass is 10.2. The minimum absolute atomic E-state index is 0.445. The number of aromatic nitrogens is 1. The van der Waals surface area contributed by atoms with Gasteiger partial charge in [0.1, 0.15) is 22.9 Å². The average Bonchev–Trinajstić information content (AvgIpc) is 3.01. The van der Waals surface area contributed by atoms with Crippen molar-refractivity contribution in [2.75, 3.05) is 20.0 Å². The van der Waals surface area contributed by atoms with Gasteiger partial charge in [-0.2, -0.15) is 0 Å². The predicted molar refractivity (Wildman–Crippen MR) is 95.7 cm³/mol. The highest BCUT2D eigenvalue weighted by atomic mass is 32.1. The molecule has 0 spiro atoms. The van der Waals surface area contributed by atoms with E-state index in [0.717, 1.165) is 5.56 Å². The molecule has 0 saturated heterocycles. The molecule has 0 atom stereocenters. The number of azo groups is 1. The molecule has 1 heterocycles. The van der Waals surface area contributed by atoms with Gasteiger partial charge < -0.3 is 15.2 Å². The van der Waals surface area contributed by atoms with Gasteiger partial charge in [-0.1, -0.05) is 41.7 Å². The second kappa shape index (κ2) is 7.10. The molecule has 0 radical (unpaired) electrons. The fraction of sp³-hybridized carbons (Fsp3) is 0.118. The molecule has 0 bridgehead atoms. The van der Waals surface area contributed by atoms with Crippen LogP contribution in [0.15, 0.2) is 58.8 Å². The molecular formula is C17H16N4O2S. The molecule has 0 amide bonds. The normalized spacial score (nSPS) is 10.9. The minimum atomic E-state index is 0.445. The third-order valence-electron chi connectivity index (χ3n) is 3.31. The van der Waals surface area contributed by atoms with Crippen molar-refractivity contribution < 1.29 is 9.47 Å². The lowest BCUT2D eigenvalue weighted by Gasteiger charge is -2.05.